The van der Waals surface area contributed by atoms with Crippen LogP contribution in [-0.4, -0.2) is 29.6 Å². The lowest BCUT2D eigenvalue weighted by atomic mass is 9.69. The number of methoxy groups -OCH3 is 2. The lowest BCUT2D eigenvalue weighted by Crippen LogP contribution is -2.42. The first kappa shape index (κ1) is 23.7. The quantitative estimate of drug-likeness (QED) is 0.568. The standard InChI is InChI=1S/C28H29N3O5/c1-28(2)13-19-23(20(32)14-28)22(18-12-17(35-3)10-11-21(18)36-4)24-25(29-19)31(27(34)30-26(24)33)15-16-8-6-5-7-9-16/h5-12,22,29H,13-15H2,1-4H3,(H,30,33,34)/t22-/m1/s1. The third-order valence-corrected chi connectivity index (χ3v) is 6.93. The van der Waals surface area contributed by atoms with Crippen LogP contribution in [0.3, 0.4) is 0 Å². The smallest absolute Gasteiger partial charge is 0.330 e. The van der Waals surface area contributed by atoms with Crippen molar-refractivity contribution in [2.45, 2.75) is 39.2 Å². The van der Waals surface area contributed by atoms with E-state index in [-0.39, 0.29) is 17.7 Å². The van der Waals surface area contributed by atoms with Gasteiger partial charge in [0.25, 0.3) is 5.56 Å². The number of nitrogens with one attached hydrogen (secondary N) is 2. The zero-order valence-corrected chi connectivity index (χ0v) is 20.8. The molecule has 8 heteroatoms. The number of nitrogens with zero attached hydrogens (tertiary/aromatic N) is 1. The number of benzene rings is 2. The largest absolute Gasteiger partial charge is 0.497 e. The van der Waals surface area contributed by atoms with Gasteiger partial charge in [-0.3, -0.25) is 19.1 Å². The summed E-state index contributed by atoms with van der Waals surface area (Å²) in [7, 11) is 3.11. The van der Waals surface area contributed by atoms with Crippen LogP contribution in [0, 0.1) is 5.41 Å². The molecule has 0 bridgehead atoms. The van der Waals surface area contributed by atoms with Crippen molar-refractivity contribution in [3.05, 3.63) is 97.3 Å². The number of Topliss-reactive ketones (excluding diaryl/α,β-unsaturated/α-hetero) is 1. The highest BCUT2D eigenvalue weighted by Gasteiger charge is 2.43. The number of ketones is 1. The number of rotatable bonds is 5. The van der Waals surface area contributed by atoms with E-state index >= 15 is 0 Å². The van der Waals surface area contributed by atoms with Gasteiger partial charge in [0, 0.05) is 23.3 Å². The van der Waals surface area contributed by atoms with Crippen molar-refractivity contribution in [1.29, 1.82) is 0 Å². The van der Waals surface area contributed by atoms with Crippen LogP contribution in [0.25, 0.3) is 0 Å². The van der Waals surface area contributed by atoms with Crippen LogP contribution in [0.1, 0.15) is 49.3 Å². The first-order valence-electron chi connectivity index (χ1n) is 11.9. The highest BCUT2D eigenvalue weighted by atomic mass is 16.5. The van der Waals surface area contributed by atoms with E-state index in [0.29, 0.717) is 46.9 Å². The number of fused-ring (bicyclic) bond motifs is 1. The summed E-state index contributed by atoms with van der Waals surface area (Å²) in [5.74, 6) is 0.737. The van der Waals surface area contributed by atoms with Crippen molar-refractivity contribution in [2.75, 3.05) is 19.5 Å². The van der Waals surface area contributed by atoms with E-state index in [1.807, 2.05) is 44.2 Å². The van der Waals surface area contributed by atoms with Gasteiger partial charge in [0.05, 0.1) is 32.2 Å². The summed E-state index contributed by atoms with van der Waals surface area (Å²) in [6.45, 7) is 4.34. The Hall–Kier alpha value is -4.07. The van der Waals surface area contributed by atoms with Crippen LogP contribution in [0.5, 0.6) is 11.5 Å². The lowest BCUT2D eigenvalue weighted by Gasteiger charge is -2.39. The molecule has 0 saturated heterocycles. The number of ether oxygens (including phenoxy) is 2. The monoisotopic (exact) mass is 487 g/mol. The molecule has 2 heterocycles. The number of carbonyl (C=O) groups excluding carboxylic acids is 1. The van der Waals surface area contributed by atoms with E-state index in [1.165, 1.54) is 4.57 Å². The van der Waals surface area contributed by atoms with Gasteiger partial charge in [0.1, 0.15) is 17.3 Å². The molecule has 36 heavy (non-hydrogen) atoms. The lowest BCUT2D eigenvalue weighted by molar-refractivity contribution is -0.118. The first-order valence-corrected chi connectivity index (χ1v) is 11.9. The Morgan fingerprint density at radius 1 is 1.00 bits per heavy atom. The predicted molar refractivity (Wildman–Crippen MR) is 137 cm³/mol. The van der Waals surface area contributed by atoms with Crippen molar-refractivity contribution >= 4 is 11.6 Å². The number of hydrogen-bond acceptors (Lipinski definition) is 6. The summed E-state index contributed by atoms with van der Waals surface area (Å²) in [6.07, 6.45) is 0.954. The Morgan fingerprint density at radius 3 is 2.44 bits per heavy atom. The number of aromatic nitrogens is 2. The molecule has 0 fully saturated rings. The maximum Gasteiger partial charge on any atom is 0.330 e. The number of anilines is 1. The highest BCUT2D eigenvalue weighted by Crippen LogP contribution is 2.49. The van der Waals surface area contributed by atoms with Gasteiger partial charge in [-0.25, -0.2) is 4.79 Å². The zero-order valence-electron chi connectivity index (χ0n) is 20.8. The summed E-state index contributed by atoms with van der Waals surface area (Å²) >= 11 is 0. The molecule has 0 radical (unpaired) electrons. The van der Waals surface area contributed by atoms with E-state index in [2.05, 4.69) is 10.3 Å². The Labute approximate surface area is 208 Å². The number of H-pyrrole nitrogens is 1. The summed E-state index contributed by atoms with van der Waals surface area (Å²) in [6, 6.07) is 14.9. The molecule has 2 aromatic carbocycles. The molecule has 186 valence electrons. The third-order valence-electron chi connectivity index (χ3n) is 6.93. The van der Waals surface area contributed by atoms with Gasteiger partial charge >= 0.3 is 5.69 Å². The summed E-state index contributed by atoms with van der Waals surface area (Å²) in [4.78, 5) is 42.6. The summed E-state index contributed by atoms with van der Waals surface area (Å²) < 4.78 is 12.7. The number of carbonyl (C=O) groups is 1. The fourth-order valence-electron chi connectivity index (χ4n) is 5.35. The molecule has 0 unspecified atom stereocenters. The molecule has 5 rings (SSSR count). The number of allylic oxidation sites excluding steroid dienone is 2. The van der Waals surface area contributed by atoms with Gasteiger partial charge in [-0.2, -0.15) is 0 Å². The fourth-order valence-corrected chi connectivity index (χ4v) is 5.35. The molecule has 2 aliphatic rings. The van der Waals surface area contributed by atoms with E-state index < -0.39 is 17.2 Å². The molecule has 1 aliphatic carbocycles. The molecule has 2 N–H and O–H groups in total. The first-order chi connectivity index (χ1) is 17.2. The van der Waals surface area contributed by atoms with Crippen LogP contribution in [0.2, 0.25) is 0 Å². The molecule has 1 aliphatic heterocycles. The minimum Gasteiger partial charge on any atom is -0.497 e. The maximum absolute atomic E-state index is 13.6. The Kier molecular flexibility index (Phi) is 5.82. The molecular formula is C28H29N3O5. The van der Waals surface area contributed by atoms with Crippen molar-refractivity contribution in [3.63, 3.8) is 0 Å². The van der Waals surface area contributed by atoms with Crippen molar-refractivity contribution in [1.82, 2.24) is 9.55 Å². The summed E-state index contributed by atoms with van der Waals surface area (Å²) in [5.41, 5.74) is 1.79. The van der Waals surface area contributed by atoms with Gasteiger partial charge in [-0.1, -0.05) is 44.2 Å². The average molecular weight is 488 g/mol. The number of hydrogen-bond donors (Lipinski definition) is 2. The number of aromatic amines is 1. The highest BCUT2D eigenvalue weighted by molar-refractivity contribution is 6.01. The molecule has 0 spiro atoms. The summed E-state index contributed by atoms with van der Waals surface area (Å²) in [5, 5.41) is 3.35. The topological polar surface area (TPSA) is 102 Å². The van der Waals surface area contributed by atoms with Crippen LogP contribution >= 0.6 is 0 Å². The van der Waals surface area contributed by atoms with E-state index in [1.54, 1.807) is 32.4 Å². The second-order valence-electron chi connectivity index (χ2n) is 10.1. The Bertz CT molecular complexity index is 1500. The van der Waals surface area contributed by atoms with Gasteiger partial charge < -0.3 is 14.8 Å². The molecular weight excluding hydrogens is 458 g/mol. The van der Waals surface area contributed by atoms with Crippen LogP contribution < -0.4 is 26.0 Å². The Balaban J connectivity index is 1.82. The Morgan fingerprint density at radius 2 is 1.75 bits per heavy atom. The molecule has 0 amide bonds. The van der Waals surface area contributed by atoms with Gasteiger partial charge in [0.15, 0.2) is 5.78 Å². The second-order valence-corrected chi connectivity index (χ2v) is 10.1. The van der Waals surface area contributed by atoms with Crippen molar-refractivity contribution in [3.8, 4) is 11.5 Å². The molecule has 1 aromatic heterocycles. The normalized spacial score (nSPS) is 18.2. The van der Waals surface area contributed by atoms with Gasteiger partial charge in [0.2, 0.25) is 0 Å². The van der Waals surface area contributed by atoms with E-state index in [4.69, 9.17) is 9.47 Å². The van der Waals surface area contributed by atoms with Crippen LogP contribution in [-0.2, 0) is 11.3 Å². The van der Waals surface area contributed by atoms with Crippen LogP contribution in [0.15, 0.2) is 69.4 Å². The van der Waals surface area contributed by atoms with Crippen LogP contribution in [0.4, 0.5) is 5.82 Å². The maximum atomic E-state index is 13.6. The molecule has 1 atom stereocenters. The fraction of sp³-hybridized carbons (Fsp3) is 0.321. The van der Waals surface area contributed by atoms with Gasteiger partial charge in [-0.05, 0) is 35.6 Å². The minimum absolute atomic E-state index is 0.0329. The zero-order chi connectivity index (χ0) is 25.6. The molecule has 0 saturated carbocycles. The van der Waals surface area contributed by atoms with E-state index in [9.17, 15) is 14.4 Å². The van der Waals surface area contributed by atoms with E-state index in [0.717, 1.165) is 11.3 Å². The SMILES string of the molecule is COc1ccc(OC)c([C@@H]2C3=C(CC(C)(C)CC3=O)Nc3c2c(=O)[nH]c(=O)n3Cc2ccccc2)c1. The predicted octanol–water partition coefficient (Wildman–Crippen LogP) is 3.80. The minimum atomic E-state index is -0.726. The van der Waals surface area contributed by atoms with Gasteiger partial charge in [-0.15, -0.1) is 0 Å². The third kappa shape index (κ3) is 4.02. The molecule has 3 aromatic rings. The molecule has 8 nitrogen and oxygen atoms in total. The van der Waals surface area contributed by atoms with Crippen molar-refractivity contribution in [2.24, 2.45) is 5.41 Å². The average Bonchev–Trinajstić information content (AvgIpc) is 2.84. The van der Waals surface area contributed by atoms with Crippen molar-refractivity contribution < 1.29 is 14.3 Å². The second kappa shape index (κ2) is 8.86.